The smallest absolute Gasteiger partial charge is 0.310 e. The van der Waals surface area contributed by atoms with Gasteiger partial charge in [0.05, 0.1) is 19.1 Å². The second-order valence-electron chi connectivity index (χ2n) is 9.92. The molecular formula is C25H34N6O3S. The summed E-state index contributed by atoms with van der Waals surface area (Å²) < 4.78 is 6.99. The van der Waals surface area contributed by atoms with E-state index in [4.69, 9.17) is 14.8 Å². The average Bonchev–Trinajstić information content (AvgIpc) is 3.38. The molecule has 35 heavy (non-hydrogen) atoms. The highest BCUT2D eigenvalue weighted by Gasteiger charge is 2.30. The highest BCUT2D eigenvalue weighted by Crippen LogP contribution is 2.34. The van der Waals surface area contributed by atoms with E-state index < -0.39 is 0 Å². The molecule has 1 fully saturated rings. The van der Waals surface area contributed by atoms with Crippen LogP contribution in [-0.2, 0) is 14.3 Å². The van der Waals surface area contributed by atoms with Gasteiger partial charge in [0.2, 0.25) is 16.0 Å². The topological polar surface area (TPSA) is 92.1 Å². The molecule has 4 rings (SSSR count). The predicted octanol–water partition coefficient (Wildman–Crippen LogP) is 3.91. The molecule has 1 aliphatic heterocycles. The van der Waals surface area contributed by atoms with Crippen LogP contribution in [-0.4, -0.2) is 70.2 Å². The van der Waals surface area contributed by atoms with Crippen LogP contribution in [0.15, 0.2) is 30.3 Å². The summed E-state index contributed by atoms with van der Waals surface area (Å²) in [5.41, 5.74) is 1.68. The number of rotatable bonds is 7. The van der Waals surface area contributed by atoms with Gasteiger partial charge in [-0.05, 0) is 40.5 Å². The highest BCUT2D eigenvalue weighted by atomic mass is 32.1. The summed E-state index contributed by atoms with van der Waals surface area (Å²) in [5, 5.41) is 9.05. The first-order valence-corrected chi connectivity index (χ1v) is 12.9. The lowest BCUT2D eigenvalue weighted by Gasteiger charge is -2.32. The lowest BCUT2D eigenvalue weighted by Crippen LogP contribution is -2.46. The molecule has 1 saturated heterocycles. The molecule has 10 heteroatoms. The number of fused-ring (bicyclic) bond motifs is 1. The fourth-order valence-electron chi connectivity index (χ4n) is 4.18. The van der Waals surface area contributed by atoms with E-state index in [1.807, 2.05) is 46.8 Å². The summed E-state index contributed by atoms with van der Waals surface area (Å²) in [4.78, 5) is 34.4. The van der Waals surface area contributed by atoms with Crippen LogP contribution in [0.25, 0.3) is 16.2 Å². The molecule has 188 valence electrons. The van der Waals surface area contributed by atoms with Gasteiger partial charge >= 0.3 is 5.97 Å². The minimum atomic E-state index is -0.247. The zero-order valence-corrected chi connectivity index (χ0v) is 21.9. The second-order valence-corrected chi connectivity index (χ2v) is 10.9. The Kier molecular flexibility index (Phi) is 7.30. The van der Waals surface area contributed by atoms with Crippen LogP contribution >= 0.6 is 11.3 Å². The number of hydrogen-bond donors (Lipinski definition) is 1. The number of nitrogens with one attached hydrogen (secondary N) is 1. The lowest BCUT2D eigenvalue weighted by molar-refractivity contribution is -0.151. The highest BCUT2D eigenvalue weighted by molar-refractivity contribution is 7.20. The van der Waals surface area contributed by atoms with E-state index in [2.05, 4.69) is 26.1 Å². The molecule has 1 N–H and O–H groups in total. The molecule has 0 bridgehead atoms. The maximum atomic E-state index is 13.0. The van der Waals surface area contributed by atoms with Crippen LogP contribution in [0.5, 0.6) is 0 Å². The van der Waals surface area contributed by atoms with Crippen LogP contribution in [0.3, 0.4) is 0 Å². The largest absolute Gasteiger partial charge is 0.466 e. The van der Waals surface area contributed by atoms with Gasteiger partial charge in [-0.1, -0.05) is 41.7 Å². The lowest BCUT2D eigenvalue weighted by atomic mass is 9.98. The number of carbonyl (C=O) groups is 2. The molecule has 9 nitrogen and oxygen atoms in total. The number of likely N-dealkylation sites (N-methyl/N-ethyl adjacent to an activating group) is 1. The number of aromatic nitrogens is 3. The Hall–Kier alpha value is -3.14. The predicted molar refractivity (Wildman–Crippen MR) is 139 cm³/mol. The fourth-order valence-corrected chi connectivity index (χ4v) is 5.05. The first-order valence-electron chi connectivity index (χ1n) is 12.0. The van der Waals surface area contributed by atoms with E-state index in [0.29, 0.717) is 24.8 Å². The van der Waals surface area contributed by atoms with E-state index >= 15 is 0 Å². The number of piperidine rings is 1. The summed E-state index contributed by atoms with van der Waals surface area (Å²) >= 11 is 1.44. The molecule has 0 saturated carbocycles. The summed E-state index contributed by atoms with van der Waals surface area (Å²) in [6.07, 6.45) is 1.56. The molecule has 1 atom stereocenters. The molecule has 3 heterocycles. The number of carbonyl (C=O) groups excluding carboxylic acids is 2. The third-order valence-corrected chi connectivity index (χ3v) is 6.85. The Bertz CT molecular complexity index is 1180. The third kappa shape index (κ3) is 5.75. The summed E-state index contributed by atoms with van der Waals surface area (Å²) in [7, 11) is 1.86. The summed E-state index contributed by atoms with van der Waals surface area (Å²) in [6, 6.07) is 10.0. The van der Waals surface area contributed by atoms with Gasteiger partial charge in [0.15, 0.2) is 5.82 Å². The van der Waals surface area contributed by atoms with Crippen LogP contribution in [0.1, 0.15) is 40.5 Å². The summed E-state index contributed by atoms with van der Waals surface area (Å²) in [5.74, 6) is 0.345. The number of anilines is 2. The van der Waals surface area contributed by atoms with E-state index in [0.717, 1.165) is 34.9 Å². The van der Waals surface area contributed by atoms with Gasteiger partial charge < -0.3 is 19.9 Å². The van der Waals surface area contributed by atoms with Crippen molar-refractivity contribution < 1.29 is 14.3 Å². The number of ether oxygens (including phenoxy) is 1. The van der Waals surface area contributed by atoms with Gasteiger partial charge in [-0.25, -0.2) is 4.98 Å². The SMILES string of the molecule is CCOC(=O)[C@H]1CCCN(C(=O)CN(C)c2nn3c(NC(C)(C)C)c(-c4ccccc4)nc3s2)C1. The third-order valence-electron chi connectivity index (χ3n) is 5.83. The zero-order chi connectivity index (χ0) is 25.2. The standard InChI is InChI=1S/C25H34N6O3S/c1-6-34-22(33)18-13-10-14-30(15-18)19(32)16-29(5)24-28-31-21(27-25(2,3)4)20(26-23(31)35-24)17-11-8-7-9-12-17/h7-9,11-12,18,27H,6,10,13-16H2,1-5H3/t18-/m0/s1. The number of esters is 1. The first-order chi connectivity index (χ1) is 16.7. The van der Waals surface area contributed by atoms with Crippen molar-refractivity contribution in [3.05, 3.63) is 30.3 Å². The number of benzene rings is 1. The molecule has 0 spiro atoms. The number of nitrogens with zero attached hydrogens (tertiary/aromatic N) is 5. The van der Waals surface area contributed by atoms with Gasteiger partial charge in [-0.2, -0.15) is 4.52 Å². The van der Waals surface area contributed by atoms with Crippen molar-refractivity contribution in [3.8, 4) is 11.3 Å². The van der Waals surface area contributed by atoms with Crippen LogP contribution in [0.4, 0.5) is 10.9 Å². The Morgan fingerprint density at radius 2 is 2.00 bits per heavy atom. The minimum Gasteiger partial charge on any atom is -0.466 e. The van der Waals surface area contributed by atoms with Gasteiger partial charge in [-0.15, -0.1) is 5.10 Å². The number of likely N-dealkylation sites (tertiary alicyclic amines) is 1. The maximum Gasteiger partial charge on any atom is 0.310 e. The Balaban J connectivity index is 1.53. The molecule has 0 radical (unpaired) electrons. The molecule has 0 aliphatic carbocycles. The molecular weight excluding hydrogens is 464 g/mol. The molecule has 2 aromatic heterocycles. The average molecular weight is 499 g/mol. The normalized spacial score (nSPS) is 16.4. The first kappa shape index (κ1) is 25.0. The van der Waals surface area contributed by atoms with Gasteiger partial charge in [0.1, 0.15) is 5.69 Å². The van der Waals surface area contributed by atoms with Crippen molar-refractivity contribution >= 4 is 39.1 Å². The molecule has 1 aliphatic rings. The Labute approximate surface area is 210 Å². The van der Waals surface area contributed by atoms with Gasteiger partial charge in [0.25, 0.3) is 0 Å². The van der Waals surface area contributed by atoms with Crippen molar-refractivity contribution in [1.82, 2.24) is 19.5 Å². The van der Waals surface area contributed by atoms with E-state index in [-0.39, 0.29) is 29.9 Å². The van der Waals surface area contributed by atoms with Crippen molar-refractivity contribution in [2.75, 3.05) is 43.5 Å². The maximum absolute atomic E-state index is 13.0. The molecule has 1 aromatic carbocycles. The summed E-state index contributed by atoms with van der Waals surface area (Å²) in [6.45, 7) is 9.70. The number of hydrogen-bond acceptors (Lipinski definition) is 8. The molecule has 3 aromatic rings. The Morgan fingerprint density at radius 1 is 1.26 bits per heavy atom. The van der Waals surface area contributed by atoms with Crippen LogP contribution in [0.2, 0.25) is 0 Å². The number of imidazole rings is 1. The Morgan fingerprint density at radius 3 is 2.69 bits per heavy atom. The zero-order valence-electron chi connectivity index (χ0n) is 21.1. The quantitative estimate of drug-likeness (QED) is 0.494. The van der Waals surface area contributed by atoms with Crippen molar-refractivity contribution in [2.24, 2.45) is 5.92 Å². The van der Waals surface area contributed by atoms with Gasteiger partial charge in [-0.3, -0.25) is 9.59 Å². The van der Waals surface area contributed by atoms with Crippen molar-refractivity contribution in [3.63, 3.8) is 0 Å². The van der Waals surface area contributed by atoms with E-state index in [1.165, 1.54) is 11.3 Å². The van der Waals surface area contributed by atoms with E-state index in [9.17, 15) is 9.59 Å². The number of amides is 1. The van der Waals surface area contributed by atoms with Crippen molar-refractivity contribution in [2.45, 2.75) is 46.1 Å². The van der Waals surface area contributed by atoms with Crippen molar-refractivity contribution in [1.29, 1.82) is 0 Å². The fraction of sp³-hybridized carbons (Fsp3) is 0.520. The minimum absolute atomic E-state index is 0.0210. The van der Waals surface area contributed by atoms with Crippen LogP contribution in [0, 0.1) is 5.92 Å². The monoisotopic (exact) mass is 498 g/mol. The molecule has 0 unspecified atom stereocenters. The van der Waals surface area contributed by atoms with Gasteiger partial charge in [0, 0.05) is 31.2 Å². The second kappa shape index (κ2) is 10.2. The van der Waals surface area contributed by atoms with E-state index in [1.54, 1.807) is 11.8 Å². The molecule has 1 amide bonds. The van der Waals surface area contributed by atoms with Crippen LogP contribution < -0.4 is 10.2 Å².